The lowest BCUT2D eigenvalue weighted by Crippen LogP contribution is -2.60. The molecule has 0 aliphatic carbocycles. The molecule has 5 rings (SSSR count). The average molecular weight is 485 g/mol. The molecule has 0 spiro atoms. The lowest BCUT2D eigenvalue weighted by atomic mass is 9.95. The number of halogens is 1. The first-order valence-corrected chi connectivity index (χ1v) is 12.2. The van der Waals surface area contributed by atoms with Crippen LogP contribution in [0.3, 0.4) is 0 Å². The predicted molar refractivity (Wildman–Crippen MR) is 136 cm³/mol. The largest absolute Gasteiger partial charge is 0.389 e. The fourth-order valence-corrected chi connectivity index (χ4v) is 5.23. The summed E-state index contributed by atoms with van der Waals surface area (Å²) in [5.41, 5.74) is 0.577. The molecule has 2 saturated heterocycles. The summed E-state index contributed by atoms with van der Waals surface area (Å²) in [5, 5.41) is 21.1. The van der Waals surface area contributed by atoms with Crippen molar-refractivity contribution in [2.45, 2.75) is 44.9 Å². The Labute approximate surface area is 205 Å². The Morgan fingerprint density at radius 3 is 2.59 bits per heavy atom. The van der Waals surface area contributed by atoms with Crippen LogP contribution in [0.1, 0.15) is 27.7 Å². The van der Waals surface area contributed by atoms with Crippen LogP contribution < -0.4 is 10.2 Å². The standard InChI is InChI=1S/C25H33ClN6O2/c1-24(2,3)32-23(5-6-28-32)29-22-13-17-12-20(19(26)11-18(17)14-27-22)30-7-9-31(10-8-30)25(4)16-34-15-21(25)33/h5-6,11-14,21,33H,7-10,15-16H2,1-4H3,(H,27,29). The molecule has 9 heteroatoms. The molecular formula is C25H33ClN6O2. The number of ether oxygens (including phenoxy) is 1. The van der Waals surface area contributed by atoms with Crippen LogP contribution in [0.15, 0.2) is 36.7 Å². The van der Waals surface area contributed by atoms with Crippen LogP contribution >= 0.6 is 11.6 Å². The van der Waals surface area contributed by atoms with Crippen molar-refractivity contribution in [3.63, 3.8) is 0 Å². The van der Waals surface area contributed by atoms with Gasteiger partial charge in [-0.2, -0.15) is 5.10 Å². The van der Waals surface area contributed by atoms with Gasteiger partial charge in [0, 0.05) is 43.8 Å². The number of benzene rings is 1. The smallest absolute Gasteiger partial charge is 0.132 e. The number of pyridine rings is 1. The van der Waals surface area contributed by atoms with Crippen molar-refractivity contribution >= 4 is 39.7 Å². The summed E-state index contributed by atoms with van der Waals surface area (Å²) < 4.78 is 7.49. The van der Waals surface area contributed by atoms with E-state index in [1.54, 1.807) is 6.20 Å². The van der Waals surface area contributed by atoms with Gasteiger partial charge in [0.15, 0.2) is 0 Å². The third-order valence-corrected chi connectivity index (χ3v) is 7.36. The Morgan fingerprint density at radius 2 is 1.91 bits per heavy atom. The van der Waals surface area contributed by atoms with E-state index < -0.39 is 6.10 Å². The summed E-state index contributed by atoms with van der Waals surface area (Å²) in [4.78, 5) is 9.26. The SMILES string of the molecule is CC1(N2CCN(c3cc4cc(Nc5ccnn5C(C)(C)C)ncc4cc3Cl)CC2)COCC1O. The van der Waals surface area contributed by atoms with E-state index in [1.165, 1.54) is 0 Å². The normalized spacial score (nSPS) is 24.2. The van der Waals surface area contributed by atoms with Crippen LogP contribution in [0.4, 0.5) is 17.3 Å². The topological polar surface area (TPSA) is 78.7 Å². The van der Waals surface area contributed by atoms with Gasteiger partial charge in [-0.1, -0.05) is 11.6 Å². The molecule has 2 unspecified atom stereocenters. The van der Waals surface area contributed by atoms with Crippen molar-refractivity contribution in [2.75, 3.05) is 49.6 Å². The minimum absolute atomic E-state index is 0.136. The molecule has 34 heavy (non-hydrogen) atoms. The van der Waals surface area contributed by atoms with Crippen LogP contribution in [-0.2, 0) is 10.3 Å². The number of aliphatic hydroxyl groups excluding tert-OH is 1. The zero-order valence-corrected chi connectivity index (χ0v) is 21.0. The molecule has 0 saturated carbocycles. The highest BCUT2D eigenvalue weighted by atomic mass is 35.5. The van der Waals surface area contributed by atoms with Crippen LogP contribution in [-0.4, -0.2) is 75.8 Å². The number of hydrogen-bond acceptors (Lipinski definition) is 7. The van der Waals surface area contributed by atoms with Gasteiger partial charge < -0.3 is 20.1 Å². The van der Waals surface area contributed by atoms with Gasteiger partial charge in [0.2, 0.25) is 0 Å². The molecule has 2 aliphatic rings. The molecule has 2 N–H and O–H groups in total. The Balaban J connectivity index is 1.36. The van der Waals surface area contributed by atoms with E-state index >= 15 is 0 Å². The number of rotatable bonds is 4. The summed E-state index contributed by atoms with van der Waals surface area (Å²) in [6, 6.07) is 8.15. The van der Waals surface area contributed by atoms with Crippen molar-refractivity contribution in [3.05, 3.63) is 41.7 Å². The zero-order valence-electron chi connectivity index (χ0n) is 20.3. The van der Waals surface area contributed by atoms with Crippen molar-refractivity contribution < 1.29 is 9.84 Å². The number of nitrogens with one attached hydrogen (secondary N) is 1. The second kappa shape index (κ2) is 8.68. The maximum atomic E-state index is 10.4. The van der Waals surface area contributed by atoms with E-state index in [9.17, 15) is 5.11 Å². The lowest BCUT2D eigenvalue weighted by molar-refractivity contribution is 0.00884. The predicted octanol–water partition coefficient (Wildman–Crippen LogP) is 3.86. The number of nitrogens with zero attached hydrogens (tertiary/aromatic N) is 5. The molecule has 2 atom stereocenters. The first-order valence-electron chi connectivity index (χ1n) is 11.8. The quantitative estimate of drug-likeness (QED) is 0.582. The highest BCUT2D eigenvalue weighted by Gasteiger charge is 2.44. The Morgan fingerprint density at radius 1 is 1.15 bits per heavy atom. The Kier molecular flexibility index (Phi) is 5.96. The van der Waals surface area contributed by atoms with Gasteiger partial charge in [-0.3, -0.25) is 4.90 Å². The van der Waals surface area contributed by atoms with Gasteiger partial charge >= 0.3 is 0 Å². The molecule has 2 fully saturated rings. The Hall–Kier alpha value is -2.39. The molecule has 2 aromatic heterocycles. The van der Waals surface area contributed by atoms with E-state index in [-0.39, 0.29) is 11.1 Å². The Bertz CT molecular complexity index is 1180. The maximum Gasteiger partial charge on any atom is 0.132 e. The first-order chi connectivity index (χ1) is 16.1. The number of aromatic nitrogens is 3. The molecule has 2 aliphatic heterocycles. The fraction of sp³-hybridized carbons (Fsp3) is 0.520. The van der Waals surface area contributed by atoms with Gasteiger partial charge in [-0.15, -0.1) is 0 Å². The second-order valence-corrected chi connectivity index (χ2v) is 10.9. The number of hydrogen-bond donors (Lipinski definition) is 2. The highest BCUT2D eigenvalue weighted by Crippen LogP contribution is 2.34. The van der Waals surface area contributed by atoms with E-state index in [0.29, 0.717) is 13.2 Å². The number of anilines is 3. The summed E-state index contributed by atoms with van der Waals surface area (Å²) in [6.07, 6.45) is 3.20. The molecule has 0 amide bonds. The molecule has 0 bridgehead atoms. The van der Waals surface area contributed by atoms with Crippen molar-refractivity contribution in [1.29, 1.82) is 0 Å². The molecule has 1 aromatic carbocycles. The molecular weight excluding hydrogens is 452 g/mol. The average Bonchev–Trinajstić information content (AvgIpc) is 3.40. The third kappa shape index (κ3) is 4.24. The molecule has 8 nitrogen and oxygen atoms in total. The monoisotopic (exact) mass is 484 g/mol. The van der Waals surface area contributed by atoms with Crippen LogP contribution in [0.2, 0.25) is 5.02 Å². The van der Waals surface area contributed by atoms with Crippen LogP contribution in [0.25, 0.3) is 10.8 Å². The van der Waals surface area contributed by atoms with Crippen molar-refractivity contribution in [2.24, 2.45) is 0 Å². The number of fused-ring (bicyclic) bond motifs is 1. The zero-order chi connectivity index (χ0) is 24.1. The van der Waals surface area contributed by atoms with Crippen LogP contribution in [0, 0.1) is 0 Å². The summed E-state index contributed by atoms with van der Waals surface area (Å²) >= 11 is 6.71. The van der Waals surface area contributed by atoms with Gasteiger partial charge in [0.25, 0.3) is 0 Å². The minimum Gasteiger partial charge on any atom is -0.389 e. The maximum absolute atomic E-state index is 10.4. The van der Waals surface area contributed by atoms with E-state index in [4.69, 9.17) is 16.3 Å². The lowest BCUT2D eigenvalue weighted by Gasteiger charge is -2.45. The van der Waals surface area contributed by atoms with Gasteiger partial charge in [-0.25, -0.2) is 9.67 Å². The summed E-state index contributed by atoms with van der Waals surface area (Å²) in [7, 11) is 0. The minimum atomic E-state index is -0.448. The molecule has 4 heterocycles. The third-order valence-electron chi connectivity index (χ3n) is 7.05. The second-order valence-electron chi connectivity index (χ2n) is 10.5. The first kappa shape index (κ1) is 23.4. The summed E-state index contributed by atoms with van der Waals surface area (Å²) in [5.74, 6) is 1.66. The van der Waals surface area contributed by atoms with Gasteiger partial charge in [0.1, 0.15) is 11.6 Å². The highest BCUT2D eigenvalue weighted by molar-refractivity contribution is 6.34. The van der Waals surface area contributed by atoms with Gasteiger partial charge in [-0.05, 0) is 51.3 Å². The number of aliphatic hydroxyl groups is 1. The van der Waals surface area contributed by atoms with Crippen molar-refractivity contribution in [3.8, 4) is 0 Å². The molecule has 0 radical (unpaired) electrons. The van der Waals surface area contributed by atoms with Crippen LogP contribution in [0.5, 0.6) is 0 Å². The van der Waals surface area contributed by atoms with E-state index in [2.05, 4.69) is 65.0 Å². The number of piperazine rings is 1. The van der Waals surface area contributed by atoms with E-state index in [1.807, 2.05) is 23.0 Å². The molecule has 182 valence electrons. The fourth-order valence-electron chi connectivity index (χ4n) is 4.94. The van der Waals surface area contributed by atoms with Gasteiger partial charge in [0.05, 0.1) is 47.3 Å². The van der Waals surface area contributed by atoms with Crippen molar-refractivity contribution in [1.82, 2.24) is 19.7 Å². The molecule has 3 aromatic rings. The van der Waals surface area contributed by atoms with E-state index in [0.717, 1.165) is 59.3 Å². The summed E-state index contributed by atoms with van der Waals surface area (Å²) in [6.45, 7) is 12.8.